The number of fused-ring (bicyclic) bond motifs is 1. The van der Waals surface area contributed by atoms with E-state index in [0.29, 0.717) is 19.4 Å². The molecular formula is C14H20O4S. The molecule has 1 aliphatic rings. The SMILES string of the molecule is CCS(=O)(=O)CCCC(O)c1ccc2c(c1)CCO2. The highest BCUT2D eigenvalue weighted by atomic mass is 32.2. The molecule has 0 bridgehead atoms. The van der Waals surface area contributed by atoms with Gasteiger partial charge in [0.15, 0.2) is 0 Å². The van der Waals surface area contributed by atoms with E-state index in [4.69, 9.17) is 4.74 Å². The van der Waals surface area contributed by atoms with E-state index in [1.807, 2.05) is 18.2 Å². The number of sulfone groups is 1. The highest BCUT2D eigenvalue weighted by Crippen LogP contribution is 2.29. The first-order valence-corrected chi connectivity index (χ1v) is 8.48. The Morgan fingerprint density at radius 2 is 2.21 bits per heavy atom. The molecule has 1 aliphatic heterocycles. The third-order valence-electron chi connectivity index (χ3n) is 3.47. The van der Waals surface area contributed by atoms with E-state index in [9.17, 15) is 13.5 Å². The van der Waals surface area contributed by atoms with Crippen molar-refractivity contribution in [3.8, 4) is 5.75 Å². The van der Waals surface area contributed by atoms with Crippen molar-refractivity contribution in [2.75, 3.05) is 18.1 Å². The Labute approximate surface area is 114 Å². The van der Waals surface area contributed by atoms with Crippen molar-refractivity contribution in [3.05, 3.63) is 29.3 Å². The standard InChI is InChI=1S/C14H20O4S/c1-2-19(16,17)9-3-4-13(15)11-5-6-14-12(10-11)7-8-18-14/h5-6,10,13,15H,2-4,7-9H2,1H3. The first-order chi connectivity index (χ1) is 9.02. The molecule has 0 amide bonds. The van der Waals surface area contributed by atoms with Gasteiger partial charge in [0.25, 0.3) is 0 Å². The van der Waals surface area contributed by atoms with Crippen LogP contribution in [0.5, 0.6) is 5.75 Å². The monoisotopic (exact) mass is 284 g/mol. The van der Waals surface area contributed by atoms with Crippen molar-refractivity contribution in [3.63, 3.8) is 0 Å². The molecular weight excluding hydrogens is 264 g/mol. The van der Waals surface area contributed by atoms with Gasteiger partial charge >= 0.3 is 0 Å². The molecule has 1 unspecified atom stereocenters. The van der Waals surface area contributed by atoms with Crippen LogP contribution < -0.4 is 4.74 Å². The molecule has 0 saturated heterocycles. The lowest BCUT2D eigenvalue weighted by atomic mass is 10.0. The summed E-state index contributed by atoms with van der Waals surface area (Å²) in [4.78, 5) is 0. The predicted octanol–water partition coefficient (Wildman–Crippen LogP) is 1.87. The maximum Gasteiger partial charge on any atom is 0.150 e. The Morgan fingerprint density at radius 1 is 1.42 bits per heavy atom. The van der Waals surface area contributed by atoms with Gasteiger partial charge in [0.1, 0.15) is 15.6 Å². The molecule has 0 spiro atoms. The van der Waals surface area contributed by atoms with Gasteiger partial charge < -0.3 is 9.84 Å². The van der Waals surface area contributed by atoms with Crippen molar-refractivity contribution in [2.45, 2.75) is 32.3 Å². The van der Waals surface area contributed by atoms with Gasteiger partial charge in [0.2, 0.25) is 0 Å². The fourth-order valence-electron chi connectivity index (χ4n) is 2.22. The summed E-state index contributed by atoms with van der Waals surface area (Å²) in [7, 11) is -2.94. The molecule has 0 aromatic heterocycles. The number of hydrogen-bond acceptors (Lipinski definition) is 4. The van der Waals surface area contributed by atoms with Crippen LogP contribution in [-0.2, 0) is 16.3 Å². The minimum Gasteiger partial charge on any atom is -0.493 e. The highest BCUT2D eigenvalue weighted by Gasteiger charge is 2.16. The fourth-order valence-corrected chi connectivity index (χ4v) is 3.12. The Morgan fingerprint density at radius 3 is 2.95 bits per heavy atom. The average Bonchev–Trinajstić information content (AvgIpc) is 2.85. The largest absolute Gasteiger partial charge is 0.493 e. The predicted molar refractivity (Wildman–Crippen MR) is 74.2 cm³/mol. The van der Waals surface area contributed by atoms with Crippen molar-refractivity contribution in [1.29, 1.82) is 0 Å². The van der Waals surface area contributed by atoms with Crippen molar-refractivity contribution in [2.24, 2.45) is 0 Å². The third kappa shape index (κ3) is 3.70. The van der Waals surface area contributed by atoms with E-state index in [1.165, 1.54) is 0 Å². The maximum absolute atomic E-state index is 11.4. The maximum atomic E-state index is 11.4. The van der Waals surface area contributed by atoms with Gasteiger partial charge in [0, 0.05) is 12.2 Å². The number of aliphatic hydroxyl groups is 1. The summed E-state index contributed by atoms with van der Waals surface area (Å²) in [6.45, 7) is 2.34. The molecule has 1 heterocycles. The fraction of sp³-hybridized carbons (Fsp3) is 0.571. The van der Waals surface area contributed by atoms with E-state index >= 15 is 0 Å². The molecule has 1 N–H and O–H groups in total. The van der Waals surface area contributed by atoms with Crippen LogP contribution >= 0.6 is 0 Å². The quantitative estimate of drug-likeness (QED) is 0.866. The van der Waals surface area contributed by atoms with Crippen LogP contribution in [0.25, 0.3) is 0 Å². The molecule has 4 nitrogen and oxygen atoms in total. The molecule has 0 saturated carbocycles. The zero-order chi connectivity index (χ0) is 13.9. The summed E-state index contributed by atoms with van der Waals surface area (Å²) >= 11 is 0. The van der Waals surface area contributed by atoms with Crippen LogP contribution in [0.4, 0.5) is 0 Å². The molecule has 19 heavy (non-hydrogen) atoms. The molecule has 106 valence electrons. The Hall–Kier alpha value is -1.07. The lowest BCUT2D eigenvalue weighted by molar-refractivity contribution is 0.166. The Balaban J connectivity index is 1.91. The number of hydrogen-bond donors (Lipinski definition) is 1. The van der Waals surface area contributed by atoms with Crippen LogP contribution in [-0.4, -0.2) is 31.6 Å². The van der Waals surface area contributed by atoms with Gasteiger partial charge in [-0.2, -0.15) is 0 Å². The summed E-state index contributed by atoms with van der Waals surface area (Å²) in [5.74, 6) is 1.21. The number of aliphatic hydroxyl groups excluding tert-OH is 1. The summed E-state index contributed by atoms with van der Waals surface area (Å²) in [6, 6.07) is 5.69. The number of ether oxygens (including phenoxy) is 1. The van der Waals surface area contributed by atoms with Gasteiger partial charge in [-0.25, -0.2) is 8.42 Å². The van der Waals surface area contributed by atoms with Crippen molar-refractivity contribution < 1.29 is 18.3 Å². The Bertz CT molecular complexity index is 536. The van der Waals surface area contributed by atoms with Gasteiger partial charge in [-0.15, -0.1) is 0 Å². The lowest BCUT2D eigenvalue weighted by Crippen LogP contribution is -2.10. The van der Waals surface area contributed by atoms with Crippen LogP contribution in [0, 0.1) is 0 Å². The summed E-state index contributed by atoms with van der Waals surface area (Å²) in [5, 5.41) is 10.1. The second kappa shape index (κ2) is 5.92. The van der Waals surface area contributed by atoms with E-state index < -0.39 is 15.9 Å². The van der Waals surface area contributed by atoms with E-state index in [0.717, 1.165) is 23.3 Å². The topological polar surface area (TPSA) is 63.6 Å². The highest BCUT2D eigenvalue weighted by molar-refractivity contribution is 7.91. The smallest absolute Gasteiger partial charge is 0.150 e. The Kier molecular flexibility index (Phi) is 4.47. The molecule has 0 fully saturated rings. The second-order valence-electron chi connectivity index (χ2n) is 4.86. The lowest BCUT2D eigenvalue weighted by Gasteiger charge is -2.12. The van der Waals surface area contributed by atoms with E-state index in [-0.39, 0.29) is 11.5 Å². The van der Waals surface area contributed by atoms with Crippen LogP contribution in [0.3, 0.4) is 0 Å². The van der Waals surface area contributed by atoms with Crippen LogP contribution in [0.1, 0.15) is 37.0 Å². The zero-order valence-corrected chi connectivity index (χ0v) is 11.9. The zero-order valence-electron chi connectivity index (χ0n) is 11.1. The van der Waals surface area contributed by atoms with Gasteiger partial charge in [0.05, 0.1) is 18.5 Å². The molecule has 1 atom stereocenters. The molecule has 0 aliphatic carbocycles. The van der Waals surface area contributed by atoms with Crippen molar-refractivity contribution >= 4 is 9.84 Å². The van der Waals surface area contributed by atoms with Crippen LogP contribution in [0.2, 0.25) is 0 Å². The number of rotatable bonds is 6. The third-order valence-corrected chi connectivity index (χ3v) is 5.26. The van der Waals surface area contributed by atoms with Crippen LogP contribution in [0.15, 0.2) is 18.2 Å². The molecule has 0 radical (unpaired) electrons. The first-order valence-electron chi connectivity index (χ1n) is 6.66. The minimum absolute atomic E-state index is 0.147. The molecule has 2 rings (SSSR count). The first kappa shape index (κ1) is 14.3. The summed E-state index contributed by atoms with van der Waals surface area (Å²) in [5.41, 5.74) is 1.97. The molecule has 1 aromatic rings. The van der Waals surface area contributed by atoms with Gasteiger partial charge in [-0.05, 0) is 36.1 Å². The molecule has 1 aromatic carbocycles. The summed E-state index contributed by atoms with van der Waals surface area (Å²) < 4.78 is 28.2. The van der Waals surface area contributed by atoms with E-state index in [1.54, 1.807) is 6.92 Å². The average molecular weight is 284 g/mol. The number of benzene rings is 1. The molecule has 5 heteroatoms. The van der Waals surface area contributed by atoms with Gasteiger partial charge in [-0.1, -0.05) is 13.0 Å². The normalized spacial score (nSPS) is 15.9. The van der Waals surface area contributed by atoms with Gasteiger partial charge in [-0.3, -0.25) is 0 Å². The second-order valence-corrected chi connectivity index (χ2v) is 7.33. The summed E-state index contributed by atoms with van der Waals surface area (Å²) in [6.07, 6.45) is 1.24. The minimum atomic E-state index is -2.94. The van der Waals surface area contributed by atoms with Crippen molar-refractivity contribution in [1.82, 2.24) is 0 Å². The van der Waals surface area contributed by atoms with E-state index in [2.05, 4.69) is 0 Å².